The fraction of sp³-hybridized carbons (Fsp3) is 0.367. The molecule has 3 aromatic carbocycles. The van der Waals surface area contributed by atoms with E-state index in [1.54, 1.807) is 0 Å². The average molecular weight is 490 g/mol. The lowest BCUT2D eigenvalue weighted by atomic mass is 9.91. The molecule has 1 aliphatic carbocycles. The van der Waals surface area contributed by atoms with Crippen LogP contribution >= 0.6 is 12.4 Å². The van der Waals surface area contributed by atoms with Crippen LogP contribution in [0.5, 0.6) is 0 Å². The molecule has 1 aliphatic heterocycles. The van der Waals surface area contributed by atoms with E-state index in [-0.39, 0.29) is 18.3 Å². The standard InChI is InChI=1S/C30H35N3O.ClH/c1-4-5-11-23-19-25-24-13-7-6-12-22(24)18-26(25)29(27(23)30(31)34)33-16-14-32(15-17-33)28-20(2)9-8-10-21(28)3;/h6-10,12-13,19H,4-5,11,14-18H2,1-3H3,(H2,31,34);1H. The first kappa shape index (κ1) is 25.1. The van der Waals surface area contributed by atoms with Crippen molar-refractivity contribution in [1.82, 2.24) is 0 Å². The van der Waals surface area contributed by atoms with Crippen LogP contribution in [0, 0.1) is 13.8 Å². The van der Waals surface area contributed by atoms with E-state index in [0.717, 1.165) is 68.7 Å². The highest BCUT2D eigenvalue weighted by molar-refractivity contribution is 6.03. The van der Waals surface area contributed by atoms with Crippen LogP contribution in [-0.4, -0.2) is 32.1 Å². The molecule has 5 heteroatoms. The van der Waals surface area contributed by atoms with Crippen LogP contribution in [0.25, 0.3) is 11.1 Å². The number of para-hydroxylation sites is 1. The smallest absolute Gasteiger partial charge is 0.251 e. The van der Waals surface area contributed by atoms with E-state index in [1.807, 2.05) is 0 Å². The fourth-order valence-corrected chi connectivity index (χ4v) is 5.96. The molecule has 0 aromatic heterocycles. The summed E-state index contributed by atoms with van der Waals surface area (Å²) in [6.45, 7) is 10.2. The third-order valence-corrected chi connectivity index (χ3v) is 7.56. The summed E-state index contributed by atoms with van der Waals surface area (Å²) in [6, 6.07) is 17.4. The second-order valence-corrected chi connectivity index (χ2v) is 9.80. The van der Waals surface area contributed by atoms with Gasteiger partial charge in [-0.3, -0.25) is 4.79 Å². The molecule has 4 nitrogen and oxygen atoms in total. The molecule has 0 saturated carbocycles. The molecule has 3 aromatic rings. The Morgan fingerprint density at radius 3 is 2.14 bits per heavy atom. The summed E-state index contributed by atoms with van der Waals surface area (Å²) >= 11 is 0. The Morgan fingerprint density at radius 1 is 0.886 bits per heavy atom. The predicted molar refractivity (Wildman–Crippen MR) is 149 cm³/mol. The molecule has 0 unspecified atom stereocenters. The van der Waals surface area contributed by atoms with E-state index in [1.165, 1.54) is 39.1 Å². The molecule has 0 spiro atoms. The van der Waals surface area contributed by atoms with Gasteiger partial charge in [-0.25, -0.2) is 0 Å². The Kier molecular flexibility index (Phi) is 7.42. The fourth-order valence-electron chi connectivity index (χ4n) is 5.96. The van der Waals surface area contributed by atoms with Crippen molar-refractivity contribution in [2.45, 2.75) is 46.5 Å². The van der Waals surface area contributed by atoms with Crippen LogP contribution < -0.4 is 15.5 Å². The SMILES string of the molecule is CCCCc1cc2c(c(N3CCN(c4c(C)cccc4C)CC3)c1C(N)=O)Cc1ccccc1-2.Cl. The van der Waals surface area contributed by atoms with E-state index >= 15 is 0 Å². The summed E-state index contributed by atoms with van der Waals surface area (Å²) in [6.07, 6.45) is 3.90. The molecular weight excluding hydrogens is 454 g/mol. The van der Waals surface area contributed by atoms with Crippen LogP contribution in [0.3, 0.4) is 0 Å². The molecule has 5 rings (SSSR count). The normalized spacial score (nSPS) is 14.4. The van der Waals surface area contributed by atoms with Gasteiger partial charge in [0.15, 0.2) is 0 Å². The van der Waals surface area contributed by atoms with Gasteiger partial charge in [-0.2, -0.15) is 0 Å². The van der Waals surface area contributed by atoms with Crippen molar-refractivity contribution in [1.29, 1.82) is 0 Å². The summed E-state index contributed by atoms with van der Waals surface area (Å²) in [4.78, 5) is 17.8. The lowest BCUT2D eigenvalue weighted by molar-refractivity contribution is 0.0999. The number of unbranched alkanes of at least 4 members (excludes halogenated alkanes) is 1. The van der Waals surface area contributed by atoms with Crippen molar-refractivity contribution in [2.75, 3.05) is 36.0 Å². The first-order valence-electron chi connectivity index (χ1n) is 12.6. The summed E-state index contributed by atoms with van der Waals surface area (Å²) in [7, 11) is 0. The van der Waals surface area contributed by atoms with Crippen LogP contribution in [0.4, 0.5) is 11.4 Å². The number of anilines is 2. The number of carbonyl (C=O) groups excluding carboxylic acids is 1. The number of amides is 1. The van der Waals surface area contributed by atoms with Gasteiger partial charge in [0, 0.05) is 38.3 Å². The minimum Gasteiger partial charge on any atom is -0.368 e. The molecule has 2 aliphatic rings. The maximum atomic E-state index is 12.9. The zero-order valence-electron chi connectivity index (χ0n) is 21.1. The zero-order valence-corrected chi connectivity index (χ0v) is 21.9. The van der Waals surface area contributed by atoms with E-state index in [2.05, 4.69) is 79.1 Å². The monoisotopic (exact) mass is 489 g/mol. The van der Waals surface area contributed by atoms with Gasteiger partial charge in [-0.05, 0) is 71.7 Å². The van der Waals surface area contributed by atoms with Crippen molar-refractivity contribution in [3.8, 4) is 11.1 Å². The summed E-state index contributed by atoms with van der Waals surface area (Å²) in [5.74, 6) is -0.294. The molecule has 1 amide bonds. The number of hydrogen-bond donors (Lipinski definition) is 1. The number of primary amides is 1. The van der Waals surface area contributed by atoms with E-state index < -0.39 is 0 Å². The summed E-state index contributed by atoms with van der Waals surface area (Å²) in [5.41, 5.74) is 18.2. The lowest BCUT2D eigenvalue weighted by Gasteiger charge is -2.40. The number of nitrogens with two attached hydrogens (primary N) is 1. The molecule has 184 valence electrons. The van der Waals surface area contributed by atoms with E-state index in [9.17, 15) is 4.79 Å². The van der Waals surface area contributed by atoms with Crippen LogP contribution in [0.2, 0.25) is 0 Å². The number of aryl methyl sites for hydroxylation is 3. The highest BCUT2D eigenvalue weighted by atomic mass is 35.5. The van der Waals surface area contributed by atoms with E-state index in [4.69, 9.17) is 5.73 Å². The molecule has 0 atom stereocenters. The van der Waals surface area contributed by atoms with E-state index in [0.29, 0.717) is 0 Å². The maximum Gasteiger partial charge on any atom is 0.251 e. The molecule has 35 heavy (non-hydrogen) atoms. The van der Waals surface area contributed by atoms with Gasteiger partial charge in [0.2, 0.25) is 0 Å². The molecule has 0 radical (unpaired) electrons. The predicted octanol–water partition coefficient (Wildman–Crippen LogP) is 6.06. The Bertz CT molecular complexity index is 1220. The molecule has 0 bridgehead atoms. The van der Waals surface area contributed by atoms with Gasteiger partial charge in [0.1, 0.15) is 0 Å². The van der Waals surface area contributed by atoms with Crippen LogP contribution in [0.15, 0.2) is 48.5 Å². The first-order valence-corrected chi connectivity index (χ1v) is 12.6. The Morgan fingerprint density at radius 2 is 1.51 bits per heavy atom. The number of fused-ring (bicyclic) bond motifs is 3. The number of hydrogen-bond acceptors (Lipinski definition) is 3. The van der Waals surface area contributed by atoms with Crippen molar-refractivity contribution in [3.63, 3.8) is 0 Å². The molecule has 1 heterocycles. The van der Waals surface area contributed by atoms with Crippen molar-refractivity contribution >= 4 is 29.7 Å². The maximum absolute atomic E-state index is 12.9. The second kappa shape index (κ2) is 10.3. The Labute approximate surface area is 215 Å². The van der Waals surface area contributed by atoms with Gasteiger partial charge >= 0.3 is 0 Å². The quantitative estimate of drug-likeness (QED) is 0.358. The number of rotatable bonds is 6. The highest BCUT2D eigenvalue weighted by Gasteiger charge is 2.31. The molecular formula is C30H36ClN3O. The van der Waals surface area contributed by atoms with Gasteiger partial charge in [0.05, 0.1) is 11.3 Å². The third kappa shape index (κ3) is 4.52. The highest BCUT2D eigenvalue weighted by Crippen LogP contribution is 2.45. The second-order valence-electron chi connectivity index (χ2n) is 9.80. The van der Waals surface area contributed by atoms with Gasteiger partial charge in [0.25, 0.3) is 5.91 Å². The topological polar surface area (TPSA) is 49.6 Å². The van der Waals surface area contributed by atoms with Crippen molar-refractivity contribution < 1.29 is 4.79 Å². The van der Waals surface area contributed by atoms with Crippen molar-refractivity contribution in [3.05, 3.63) is 81.9 Å². The number of carbonyl (C=O) groups is 1. The molecule has 2 N–H and O–H groups in total. The number of piperazine rings is 1. The molecule has 1 fully saturated rings. The van der Waals surface area contributed by atoms with Gasteiger partial charge < -0.3 is 15.5 Å². The van der Waals surface area contributed by atoms with Crippen LogP contribution in [-0.2, 0) is 12.8 Å². The Hall–Kier alpha value is -2.98. The Balaban J connectivity index is 0.00000289. The van der Waals surface area contributed by atoms with Gasteiger partial charge in [-0.15, -0.1) is 12.4 Å². The third-order valence-electron chi connectivity index (χ3n) is 7.56. The van der Waals surface area contributed by atoms with Crippen molar-refractivity contribution in [2.24, 2.45) is 5.73 Å². The largest absolute Gasteiger partial charge is 0.368 e. The van der Waals surface area contributed by atoms with Crippen LogP contribution in [0.1, 0.15) is 57.9 Å². The van der Waals surface area contributed by atoms with Gasteiger partial charge in [-0.1, -0.05) is 55.8 Å². The minimum absolute atomic E-state index is 0. The average Bonchev–Trinajstić information content (AvgIpc) is 3.20. The number of nitrogens with zero attached hydrogens (tertiary/aromatic N) is 2. The summed E-state index contributed by atoms with van der Waals surface area (Å²) in [5, 5.41) is 0. The number of halogens is 1. The first-order chi connectivity index (χ1) is 16.5. The summed E-state index contributed by atoms with van der Waals surface area (Å²) < 4.78 is 0. The lowest BCUT2D eigenvalue weighted by Crippen LogP contribution is -2.48. The zero-order chi connectivity index (χ0) is 23.8. The minimum atomic E-state index is -0.294. The molecule has 1 saturated heterocycles. The number of benzene rings is 3.